The molecule has 6 heteroatoms. The third kappa shape index (κ3) is 4.12. The summed E-state index contributed by atoms with van der Waals surface area (Å²) in [5.41, 5.74) is -1.03. The van der Waals surface area contributed by atoms with Crippen molar-refractivity contribution in [1.82, 2.24) is 5.32 Å². The van der Waals surface area contributed by atoms with Crippen molar-refractivity contribution in [1.29, 1.82) is 0 Å². The van der Waals surface area contributed by atoms with Gasteiger partial charge in [0.15, 0.2) is 0 Å². The van der Waals surface area contributed by atoms with Gasteiger partial charge in [-0.15, -0.1) is 0 Å². The molecule has 1 aromatic rings. The van der Waals surface area contributed by atoms with E-state index in [2.05, 4.69) is 5.32 Å². The van der Waals surface area contributed by atoms with Gasteiger partial charge in [-0.05, 0) is 38.8 Å². The fourth-order valence-electron chi connectivity index (χ4n) is 2.24. The van der Waals surface area contributed by atoms with Crippen LogP contribution in [0.25, 0.3) is 0 Å². The van der Waals surface area contributed by atoms with Crippen molar-refractivity contribution >= 4 is 6.09 Å². The molecule has 0 radical (unpaired) electrons. The monoisotopic (exact) mass is 301 g/mol. The Morgan fingerprint density at radius 3 is 2.43 bits per heavy atom. The van der Waals surface area contributed by atoms with Crippen molar-refractivity contribution in [3.05, 3.63) is 35.4 Å². The van der Waals surface area contributed by atoms with E-state index < -0.39 is 23.4 Å². The van der Waals surface area contributed by atoms with Gasteiger partial charge in [0.2, 0.25) is 0 Å². The summed E-state index contributed by atoms with van der Waals surface area (Å²) >= 11 is 0. The van der Waals surface area contributed by atoms with E-state index >= 15 is 0 Å². The SMILES string of the molecule is CC(C)(C)OC(=O)N[C@H]1C[C@@H]1c1ccccc1C(F)(F)F. The maximum absolute atomic E-state index is 12.9. The summed E-state index contributed by atoms with van der Waals surface area (Å²) < 4.78 is 43.9. The Labute approximate surface area is 121 Å². The summed E-state index contributed by atoms with van der Waals surface area (Å²) in [7, 11) is 0. The average Bonchev–Trinajstić information content (AvgIpc) is 3.04. The number of hydrogen-bond acceptors (Lipinski definition) is 2. The quantitative estimate of drug-likeness (QED) is 0.893. The van der Waals surface area contributed by atoms with Gasteiger partial charge in [-0.1, -0.05) is 18.2 Å². The predicted molar refractivity (Wildman–Crippen MR) is 72.0 cm³/mol. The van der Waals surface area contributed by atoms with E-state index in [9.17, 15) is 18.0 Å². The molecular weight excluding hydrogens is 283 g/mol. The van der Waals surface area contributed by atoms with Crippen LogP contribution in [0, 0.1) is 0 Å². The molecule has 1 aromatic carbocycles. The van der Waals surface area contributed by atoms with E-state index in [1.165, 1.54) is 12.1 Å². The number of ether oxygens (including phenoxy) is 1. The number of benzene rings is 1. The minimum atomic E-state index is -4.38. The summed E-state index contributed by atoms with van der Waals surface area (Å²) in [4.78, 5) is 11.6. The van der Waals surface area contributed by atoms with Gasteiger partial charge >= 0.3 is 12.3 Å². The molecule has 0 spiro atoms. The third-order valence-corrected chi connectivity index (χ3v) is 3.16. The van der Waals surface area contributed by atoms with E-state index in [0.29, 0.717) is 6.42 Å². The van der Waals surface area contributed by atoms with Gasteiger partial charge in [0.25, 0.3) is 0 Å². The number of carbonyl (C=O) groups is 1. The first kappa shape index (κ1) is 15.7. The van der Waals surface area contributed by atoms with Crippen LogP contribution in [-0.4, -0.2) is 17.7 Å². The highest BCUT2D eigenvalue weighted by molar-refractivity contribution is 5.69. The van der Waals surface area contributed by atoms with Crippen molar-refractivity contribution in [2.24, 2.45) is 0 Å². The normalized spacial score (nSPS) is 21.8. The summed E-state index contributed by atoms with van der Waals surface area (Å²) in [5, 5.41) is 2.61. The van der Waals surface area contributed by atoms with Crippen LogP contribution in [0.2, 0.25) is 0 Å². The molecule has 1 N–H and O–H groups in total. The van der Waals surface area contributed by atoms with E-state index in [1.54, 1.807) is 26.8 Å². The number of alkyl carbamates (subject to hydrolysis) is 1. The molecule has 0 heterocycles. The Kier molecular flexibility index (Phi) is 3.91. The van der Waals surface area contributed by atoms with E-state index in [1.807, 2.05) is 0 Å². The highest BCUT2D eigenvalue weighted by Crippen LogP contribution is 2.46. The lowest BCUT2D eigenvalue weighted by molar-refractivity contribution is -0.138. The van der Waals surface area contributed by atoms with Crippen molar-refractivity contribution in [2.75, 3.05) is 0 Å². The Morgan fingerprint density at radius 1 is 1.24 bits per heavy atom. The number of alkyl halides is 3. The first-order chi connectivity index (χ1) is 9.58. The van der Waals surface area contributed by atoms with Crippen molar-refractivity contribution in [3.63, 3.8) is 0 Å². The summed E-state index contributed by atoms with van der Waals surface area (Å²) in [5.74, 6) is -0.310. The summed E-state index contributed by atoms with van der Waals surface area (Å²) in [6.07, 6.45) is -4.48. The molecule has 3 nitrogen and oxygen atoms in total. The van der Waals surface area contributed by atoms with Crippen LogP contribution in [0.1, 0.15) is 44.2 Å². The summed E-state index contributed by atoms with van der Waals surface area (Å²) in [6.45, 7) is 5.20. The van der Waals surface area contributed by atoms with Crippen molar-refractivity contribution in [3.8, 4) is 0 Å². The molecule has 0 saturated heterocycles. The zero-order valence-corrected chi connectivity index (χ0v) is 12.1. The van der Waals surface area contributed by atoms with Gasteiger partial charge in [0.05, 0.1) is 5.56 Å². The smallest absolute Gasteiger partial charge is 0.416 e. The minimum Gasteiger partial charge on any atom is -0.444 e. The molecule has 21 heavy (non-hydrogen) atoms. The van der Waals surface area contributed by atoms with Crippen molar-refractivity contribution < 1.29 is 22.7 Å². The Hall–Kier alpha value is -1.72. The van der Waals surface area contributed by atoms with Crippen LogP contribution in [0.15, 0.2) is 24.3 Å². The first-order valence-corrected chi connectivity index (χ1v) is 6.73. The van der Waals surface area contributed by atoms with Crippen LogP contribution in [0.5, 0.6) is 0 Å². The zero-order valence-electron chi connectivity index (χ0n) is 12.1. The van der Waals surface area contributed by atoms with Crippen LogP contribution < -0.4 is 5.32 Å². The molecule has 1 saturated carbocycles. The van der Waals surface area contributed by atoms with Gasteiger partial charge < -0.3 is 10.1 Å². The number of nitrogens with one attached hydrogen (secondary N) is 1. The lowest BCUT2D eigenvalue weighted by Gasteiger charge is -2.20. The van der Waals surface area contributed by atoms with Crippen LogP contribution >= 0.6 is 0 Å². The molecule has 0 unspecified atom stereocenters. The van der Waals surface area contributed by atoms with Crippen LogP contribution in [0.3, 0.4) is 0 Å². The number of halogens is 3. The van der Waals surface area contributed by atoms with Crippen LogP contribution in [0.4, 0.5) is 18.0 Å². The number of amides is 1. The molecule has 0 aromatic heterocycles. The van der Waals surface area contributed by atoms with E-state index in [4.69, 9.17) is 4.74 Å². The second kappa shape index (κ2) is 5.24. The van der Waals surface area contributed by atoms with Crippen LogP contribution in [-0.2, 0) is 10.9 Å². The Bertz CT molecular complexity index is 534. The number of hydrogen-bond donors (Lipinski definition) is 1. The van der Waals surface area contributed by atoms with Gasteiger partial charge in [-0.3, -0.25) is 0 Å². The summed E-state index contributed by atoms with van der Waals surface area (Å²) in [6, 6.07) is 5.17. The molecule has 1 fully saturated rings. The van der Waals surface area contributed by atoms with Gasteiger partial charge in [0, 0.05) is 12.0 Å². The number of rotatable bonds is 2. The second-order valence-corrected chi connectivity index (χ2v) is 6.18. The minimum absolute atomic E-state index is 0.228. The molecule has 0 aliphatic heterocycles. The first-order valence-electron chi connectivity index (χ1n) is 6.73. The zero-order chi connectivity index (χ0) is 15.8. The molecule has 2 rings (SSSR count). The Balaban J connectivity index is 2.03. The maximum Gasteiger partial charge on any atom is 0.416 e. The van der Waals surface area contributed by atoms with Crippen molar-refractivity contribution in [2.45, 2.75) is 50.9 Å². The second-order valence-electron chi connectivity index (χ2n) is 6.18. The van der Waals surface area contributed by atoms with E-state index in [-0.39, 0.29) is 17.5 Å². The number of carbonyl (C=O) groups excluding carboxylic acids is 1. The van der Waals surface area contributed by atoms with Gasteiger partial charge in [-0.2, -0.15) is 13.2 Å². The van der Waals surface area contributed by atoms with Gasteiger partial charge in [-0.25, -0.2) is 4.79 Å². The lowest BCUT2D eigenvalue weighted by atomic mass is 10.0. The molecule has 116 valence electrons. The third-order valence-electron chi connectivity index (χ3n) is 3.16. The fraction of sp³-hybridized carbons (Fsp3) is 0.533. The largest absolute Gasteiger partial charge is 0.444 e. The fourth-order valence-corrected chi connectivity index (χ4v) is 2.24. The van der Waals surface area contributed by atoms with E-state index in [0.717, 1.165) is 6.07 Å². The standard InChI is InChI=1S/C15H18F3NO2/c1-14(2,3)21-13(20)19-12-8-10(12)9-6-4-5-7-11(9)15(16,17)18/h4-7,10,12H,8H2,1-3H3,(H,19,20)/t10-,12+/m1/s1. The molecule has 1 aliphatic carbocycles. The molecule has 1 aliphatic rings. The maximum atomic E-state index is 12.9. The Morgan fingerprint density at radius 2 is 1.86 bits per heavy atom. The lowest BCUT2D eigenvalue weighted by Crippen LogP contribution is -2.34. The highest BCUT2D eigenvalue weighted by Gasteiger charge is 2.45. The molecule has 0 bridgehead atoms. The molecule has 2 atom stereocenters. The topological polar surface area (TPSA) is 38.3 Å². The molecule has 1 amide bonds. The predicted octanol–water partition coefficient (Wildman–Crippen LogP) is 4.09. The van der Waals surface area contributed by atoms with Gasteiger partial charge in [0.1, 0.15) is 5.60 Å². The highest BCUT2D eigenvalue weighted by atomic mass is 19.4. The average molecular weight is 301 g/mol. The molecular formula is C15H18F3NO2.